The van der Waals surface area contributed by atoms with Gasteiger partial charge in [-0.1, -0.05) is 6.07 Å². The number of aliphatic hydroxyl groups is 2. The van der Waals surface area contributed by atoms with Crippen LogP contribution in [0.25, 0.3) is 0 Å². The highest BCUT2D eigenvalue weighted by atomic mass is 16.6. The zero-order chi connectivity index (χ0) is 20.1. The predicted octanol–water partition coefficient (Wildman–Crippen LogP) is 2.11. The van der Waals surface area contributed by atoms with Crippen LogP contribution in [0.5, 0.6) is 0 Å². The molecule has 1 rings (SSSR count). The van der Waals surface area contributed by atoms with Gasteiger partial charge >= 0.3 is 6.09 Å². The third kappa shape index (κ3) is 6.41. The molecular weight excluding hydrogens is 344 g/mol. The van der Waals surface area contributed by atoms with Crippen LogP contribution in [0.4, 0.5) is 10.5 Å². The van der Waals surface area contributed by atoms with E-state index >= 15 is 0 Å². The molecule has 0 aliphatic rings. The number of nitrogens with one attached hydrogen (secondary N) is 1. The van der Waals surface area contributed by atoms with Gasteiger partial charge in [-0.3, -0.25) is 14.9 Å². The monoisotopic (exact) mass is 368 g/mol. The van der Waals surface area contributed by atoms with Crippen LogP contribution in [0.1, 0.15) is 56.1 Å². The van der Waals surface area contributed by atoms with Gasteiger partial charge in [0.25, 0.3) is 5.69 Å². The molecule has 26 heavy (non-hydrogen) atoms. The lowest BCUT2D eigenvalue weighted by molar-refractivity contribution is -0.386. The molecule has 0 bridgehead atoms. The second-order valence-corrected chi connectivity index (χ2v) is 6.82. The topological polar surface area (TPSA) is 139 Å². The van der Waals surface area contributed by atoms with Gasteiger partial charge in [0, 0.05) is 18.2 Å². The molecule has 0 aromatic heterocycles. The molecule has 0 saturated carbocycles. The molecule has 0 saturated heterocycles. The van der Waals surface area contributed by atoms with Gasteiger partial charge in [0.15, 0.2) is 5.78 Å². The first-order valence-corrected chi connectivity index (χ1v) is 8.04. The Morgan fingerprint density at radius 3 is 2.42 bits per heavy atom. The molecule has 9 nitrogen and oxygen atoms in total. The number of rotatable bonds is 7. The number of ketones is 1. The molecule has 0 heterocycles. The summed E-state index contributed by atoms with van der Waals surface area (Å²) in [6.07, 6.45) is -3.62. The van der Waals surface area contributed by atoms with E-state index < -0.39 is 34.5 Å². The van der Waals surface area contributed by atoms with Crippen molar-refractivity contribution >= 4 is 17.6 Å². The van der Waals surface area contributed by atoms with Crippen molar-refractivity contribution in [2.24, 2.45) is 0 Å². The Labute approximate surface area is 151 Å². The number of Topliss-reactive ketones (excluding diaryl/α,β-unsaturated/α-hetero) is 1. The maximum Gasteiger partial charge on any atom is 0.407 e. The molecule has 1 aromatic rings. The molecule has 0 spiro atoms. The van der Waals surface area contributed by atoms with Crippen LogP contribution in [0.15, 0.2) is 18.2 Å². The predicted molar refractivity (Wildman–Crippen MR) is 92.9 cm³/mol. The third-order valence-corrected chi connectivity index (χ3v) is 3.43. The highest BCUT2D eigenvalue weighted by Gasteiger charge is 2.27. The maximum atomic E-state index is 11.5. The lowest BCUT2D eigenvalue weighted by Gasteiger charge is -2.21. The minimum atomic E-state index is -1.54. The summed E-state index contributed by atoms with van der Waals surface area (Å²) in [4.78, 5) is 33.3. The third-order valence-electron chi connectivity index (χ3n) is 3.43. The summed E-state index contributed by atoms with van der Waals surface area (Å²) < 4.78 is 5.04. The number of alkyl carbamates (subject to hydrolysis) is 1. The Hall–Kier alpha value is -2.52. The van der Waals surface area contributed by atoms with Crippen molar-refractivity contribution in [1.29, 1.82) is 0 Å². The fourth-order valence-corrected chi connectivity index (χ4v) is 2.17. The van der Waals surface area contributed by atoms with Gasteiger partial charge in [-0.15, -0.1) is 0 Å². The van der Waals surface area contributed by atoms with E-state index in [1.807, 2.05) is 0 Å². The number of hydrogen-bond acceptors (Lipinski definition) is 7. The number of benzene rings is 1. The van der Waals surface area contributed by atoms with Gasteiger partial charge in [0.2, 0.25) is 0 Å². The second kappa shape index (κ2) is 8.72. The molecule has 0 radical (unpaired) electrons. The van der Waals surface area contributed by atoms with Gasteiger partial charge in [-0.05, 0) is 40.2 Å². The standard InChI is InChI=1S/C17H24N2O7/c1-10(20)11-5-6-12(13(9-11)19(24)25)15(22)14(21)7-8-18-16(23)26-17(2,3)4/h5-6,9,14-15,21-22H,7-8H2,1-4H3,(H,18,23). The van der Waals surface area contributed by atoms with Gasteiger partial charge in [-0.2, -0.15) is 0 Å². The van der Waals surface area contributed by atoms with Crippen LogP contribution in [0.3, 0.4) is 0 Å². The van der Waals surface area contributed by atoms with Crippen molar-refractivity contribution in [1.82, 2.24) is 5.32 Å². The summed E-state index contributed by atoms with van der Waals surface area (Å²) >= 11 is 0. The second-order valence-electron chi connectivity index (χ2n) is 6.82. The Balaban J connectivity index is 2.76. The summed E-state index contributed by atoms with van der Waals surface area (Å²) in [6.45, 7) is 6.39. The minimum absolute atomic E-state index is 0.00642. The molecule has 2 unspecified atom stereocenters. The highest BCUT2D eigenvalue weighted by molar-refractivity contribution is 5.94. The minimum Gasteiger partial charge on any atom is -0.444 e. The van der Waals surface area contributed by atoms with Gasteiger partial charge in [-0.25, -0.2) is 4.79 Å². The number of amides is 1. The molecule has 9 heteroatoms. The van der Waals surface area contributed by atoms with Gasteiger partial charge in [0.1, 0.15) is 11.7 Å². The zero-order valence-corrected chi connectivity index (χ0v) is 15.2. The summed E-state index contributed by atoms with van der Waals surface area (Å²) in [6, 6.07) is 3.65. The molecule has 0 fully saturated rings. The smallest absolute Gasteiger partial charge is 0.407 e. The van der Waals surface area contributed by atoms with E-state index in [9.17, 15) is 29.9 Å². The maximum absolute atomic E-state index is 11.5. The largest absolute Gasteiger partial charge is 0.444 e. The van der Waals surface area contributed by atoms with E-state index in [2.05, 4.69) is 5.32 Å². The summed E-state index contributed by atoms with van der Waals surface area (Å²) in [5, 5.41) is 33.9. The number of aliphatic hydroxyl groups excluding tert-OH is 2. The van der Waals surface area contributed by atoms with E-state index in [1.165, 1.54) is 19.1 Å². The van der Waals surface area contributed by atoms with E-state index in [0.29, 0.717) is 0 Å². The Kier molecular flexibility index (Phi) is 7.22. The first kappa shape index (κ1) is 21.5. The first-order valence-electron chi connectivity index (χ1n) is 8.04. The number of hydrogen-bond donors (Lipinski definition) is 3. The fraction of sp³-hybridized carbons (Fsp3) is 0.529. The van der Waals surface area contributed by atoms with Crippen molar-refractivity contribution in [2.45, 2.75) is 51.9 Å². The average molecular weight is 368 g/mol. The van der Waals surface area contributed by atoms with Crippen molar-refractivity contribution in [3.63, 3.8) is 0 Å². The lowest BCUT2D eigenvalue weighted by Crippen LogP contribution is -2.34. The molecule has 2 atom stereocenters. The summed E-state index contributed by atoms with van der Waals surface area (Å²) in [7, 11) is 0. The highest BCUT2D eigenvalue weighted by Crippen LogP contribution is 2.29. The van der Waals surface area contributed by atoms with E-state index in [1.54, 1.807) is 20.8 Å². The van der Waals surface area contributed by atoms with Crippen molar-refractivity contribution in [3.8, 4) is 0 Å². The first-order chi connectivity index (χ1) is 11.9. The average Bonchev–Trinajstić information content (AvgIpc) is 2.51. The quantitative estimate of drug-likeness (QED) is 0.380. The molecule has 1 aromatic carbocycles. The van der Waals surface area contributed by atoms with Crippen molar-refractivity contribution in [2.75, 3.05) is 6.54 Å². The van der Waals surface area contributed by atoms with Crippen LogP contribution in [-0.2, 0) is 4.74 Å². The number of carbonyl (C=O) groups is 2. The van der Waals surface area contributed by atoms with E-state index in [4.69, 9.17) is 4.74 Å². The lowest BCUT2D eigenvalue weighted by atomic mass is 9.98. The normalized spacial score (nSPS) is 13.6. The van der Waals surface area contributed by atoms with Crippen LogP contribution < -0.4 is 5.32 Å². The number of nitro benzene ring substituents is 1. The number of carbonyl (C=O) groups excluding carboxylic acids is 2. The number of nitro groups is 1. The van der Waals surface area contributed by atoms with E-state index in [0.717, 1.165) is 6.07 Å². The Bertz CT molecular complexity index is 682. The molecule has 144 valence electrons. The van der Waals surface area contributed by atoms with Crippen LogP contribution in [0.2, 0.25) is 0 Å². The van der Waals surface area contributed by atoms with Crippen LogP contribution in [0, 0.1) is 10.1 Å². The molecular formula is C17H24N2O7. The van der Waals surface area contributed by atoms with Gasteiger partial charge in [0.05, 0.1) is 16.6 Å². The molecule has 1 amide bonds. The zero-order valence-electron chi connectivity index (χ0n) is 15.2. The SMILES string of the molecule is CC(=O)c1ccc(C(O)C(O)CCNC(=O)OC(C)(C)C)c([N+](=O)[O-])c1. The van der Waals surface area contributed by atoms with Gasteiger partial charge < -0.3 is 20.3 Å². The fourth-order valence-electron chi connectivity index (χ4n) is 2.17. The molecule has 0 aliphatic carbocycles. The molecule has 3 N–H and O–H groups in total. The van der Waals surface area contributed by atoms with Crippen LogP contribution in [-0.4, -0.2) is 45.3 Å². The van der Waals surface area contributed by atoms with Crippen molar-refractivity contribution in [3.05, 3.63) is 39.4 Å². The van der Waals surface area contributed by atoms with Crippen molar-refractivity contribution < 1.29 is 29.5 Å². The summed E-state index contributed by atoms with van der Waals surface area (Å²) in [5.74, 6) is -0.351. The number of ether oxygens (including phenoxy) is 1. The number of nitrogens with zero attached hydrogens (tertiary/aromatic N) is 1. The Morgan fingerprint density at radius 2 is 1.92 bits per heavy atom. The Morgan fingerprint density at radius 1 is 1.31 bits per heavy atom. The van der Waals surface area contributed by atoms with E-state index in [-0.39, 0.29) is 29.9 Å². The molecule has 0 aliphatic heterocycles. The summed E-state index contributed by atoms with van der Waals surface area (Å²) in [5.41, 5.74) is -1.09. The van der Waals surface area contributed by atoms with Crippen LogP contribution >= 0.6 is 0 Å².